The minimum Gasteiger partial charge on any atom is -0.493 e. The van der Waals surface area contributed by atoms with Crippen molar-refractivity contribution in [2.45, 2.75) is 66.0 Å². The zero-order chi connectivity index (χ0) is 22.0. The zero-order valence-corrected chi connectivity index (χ0v) is 20.0. The molecular formula is C26H41N3O2. The van der Waals surface area contributed by atoms with Gasteiger partial charge in [0.2, 0.25) is 0 Å². The van der Waals surface area contributed by atoms with Gasteiger partial charge in [-0.2, -0.15) is 0 Å². The van der Waals surface area contributed by atoms with Crippen molar-refractivity contribution in [3.05, 3.63) is 29.8 Å². The molecule has 3 aliphatic rings. The fourth-order valence-electron chi connectivity index (χ4n) is 5.14. The maximum Gasteiger partial charge on any atom is 0.320 e. The van der Waals surface area contributed by atoms with Gasteiger partial charge in [0.25, 0.3) is 0 Å². The van der Waals surface area contributed by atoms with E-state index in [2.05, 4.69) is 54.5 Å². The molecule has 1 aliphatic carbocycles. The van der Waals surface area contributed by atoms with Crippen molar-refractivity contribution in [1.82, 2.24) is 14.7 Å². The highest BCUT2D eigenvalue weighted by atomic mass is 16.5. The van der Waals surface area contributed by atoms with Crippen molar-refractivity contribution in [2.75, 3.05) is 39.3 Å². The normalized spacial score (nSPS) is 22.1. The van der Waals surface area contributed by atoms with E-state index < -0.39 is 0 Å². The summed E-state index contributed by atoms with van der Waals surface area (Å²) in [5.74, 6) is 2.14. The van der Waals surface area contributed by atoms with E-state index in [9.17, 15) is 4.79 Å². The highest BCUT2D eigenvalue weighted by molar-refractivity contribution is 5.76. The molecule has 4 rings (SSSR count). The van der Waals surface area contributed by atoms with Gasteiger partial charge in [0.1, 0.15) is 5.75 Å². The molecule has 5 nitrogen and oxygen atoms in total. The van der Waals surface area contributed by atoms with Crippen LogP contribution in [0.3, 0.4) is 0 Å². The van der Waals surface area contributed by atoms with E-state index in [0.717, 1.165) is 51.4 Å². The van der Waals surface area contributed by atoms with Crippen molar-refractivity contribution >= 4 is 6.03 Å². The molecule has 3 fully saturated rings. The predicted octanol–water partition coefficient (Wildman–Crippen LogP) is 4.86. The maximum atomic E-state index is 13.5. The minimum absolute atomic E-state index is 0.250. The molecule has 1 spiro atoms. The third-order valence-electron chi connectivity index (χ3n) is 7.01. The Labute approximate surface area is 188 Å². The monoisotopic (exact) mass is 427 g/mol. The van der Waals surface area contributed by atoms with E-state index >= 15 is 0 Å². The molecule has 2 saturated heterocycles. The summed E-state index contributed by atoms with van der Waals surface area (Å²) in [7, 11) is 0. The van der Waals surface area contributed by atoms with Crippen LogP contribution in [0.2, 0.25) is 0 Å². The number of carbonyl (C=O) groups is 1. The topological polar surface area (TPSA) is 36.0 Å². The number of hydrogen-bond acceptors (Lipinski definition) is 3. The Morgan fingerprint density at radius 2 is 1.68 bits per heavy atom. The first-order valence-electron chi connectivity index (χ1n) is 12.3. The molecule has 31 heavy (non-hydrogen) atoms. The van der Waals surface area contributed by atoms with Gasteiger partial charge < -0.3 is 19.4 Å². The van der Waals surface area contributed by atoms with E-state index in [-0.39, 0.29) is 6.03 Å². The van der Waals surface area contributed by atoms with Crippen molar-refractivity contribution in [1.29, 1.82) is 0 Å². The van der Waals surface area contributed by atoms with Crippen molar-refractivity contribution in [3.63, 3.8) is 0 Å². The highest BCUT2D eigenvalue weighted by Crippen LogP contribution is 2.50. The van der Waals surface area contributed by atoms with Crippen LogP contribution in [0.4, 0.5) is 4.79 Å². The third kappa shape index (κ3) is 5.74. The number of amides is 2. The van der Waals surface area contributed by atoms with E-state index in [0.29, 0.717) is 29.8 Å². The lowest BCUT2D eigenvalue weighted by atomic mass is 9.96. The van der Waals surface area contributed by atoms with Gasteiger partial charge in [0.15, 0.2) is 0 Å². The Morgan fingerprint density at radius 1 is 1.00 bits per heavy atom. The summed E-state index contributed by atoms with van der Waals surface area (Å²) in [6.07, 6.45) is 4.76. The Balaban J connectivity index is 1.37. The molecule has 172 valence electrons. The Kier molecular flexibility index (Phi) is 6.80. The number of hydrogen-bond donors (Lipinski definition) is 0. The average Bonchev–Trinajstić information content (AvgIpc) is 3.49. The van der Waals surface area contributed by atoms with E-state index in [1.54, 1.807) is 0 Å². The standard InChI is InChI=1S/C26H41N3O2/c1-20(2)15-27-13-9-23(10-14-27)29-19-26(11-12-26)18-28(25(29)30)16-22-5-7-24(8-6-22)31-17-21(3)4/h5-8,20-21,23H,9-19H2,1-4H3. The zero-order valence-electron chi connectivity index (χ0n) is 20.0. The number of urea groups is 1. The van der Waals surface area contributed by atoms with E-state index in [4.69, 9.17) is 4.74 Å². The van der Waals surface area contributed by atoms with Crippen molar-refractivity contribution in [2.24, 2.45) is 17.3 Å². The molecule has 2 heterocycles. The Morgan fingerprint density at radius 3 is 2.26 bits per heavy atom. The summed E-state index contributed by atoms with van der Waals surface area (Å²) in [6.45, 7) is 15.6. The van der Waals surface area contributed by atoms with Crippen LogP contribution < -0.4 is 4.74 Å². The van der Waals surface area contributed by atoms with Crippen LogP contribution in [0.1, 0.15) is 58.9 Å². The molecule has 0 N–H and O–H groups in total. The first-order chi connectivity index (χ1) is 14.8. The summed E-state index contributed by atoms with van der Waals surface area (Å²) >= 11 is 0. The van der Waals surface area contributed by atoms with Crippen LogP contribution in [0.5, 0.6) is 5.75 Å². The molecular weight excluding hydrogens is 386 g/mol. The fourth-order valence-corrected chi connectivity index (χ4v) is 5.14. The van der Waals surface area contributed by atoms with Gasteiger partial charge in [-0.3, -0.25) is 0 Å². The van der Waals surface area contributed by atoms with Crippen LogP contribution in [-0.2, 0) is 6.54 Å². The average molecular weight is 428 g/mol. The number of piperidine rings is 1. The smallest absolute Gasteiger partial charge is 0.320 e. The number of ether oxygens (including phenoxy) is 1. The lowest BCUT2D eigenvalue weighted by Gasteiger charge is -2.46. The molecule has 1 aromatic rings. The van der Waals surface area contributed by atoms with Gasteiger partial charge >= 0.3 is 6.03 Å². The number of carbonyl (C=O) groups excluding carboxylic acids is 1. The van der Waals surface area contributed by atoms with Crippen LogP contribution in [-0.4, -0.2) is 66.1 Å². The Bertz CT molecular complexity index is 734. The first-order valence-corrected chi connectivity index (χ1v) is 12.3. The van der Waals surface area contributed by atoms with Gasteiger partial charge in [-0.05, 0) is 55.2 Å². The summed E-state index contributed by atoms with van der Waals surface area (Å²) in [5, 5.41) is 0. The number of benzene rings is 1. The largest absolute Gasteiger partial charge is 0.493 e. The second kappa shape index (κ2) is 9.40. The summed E-state index contributed by atoms with van der Waals surface area (Å²) in [4.78, 5) is 20.4. The molecule has 1 aromatic carbocycles. The van der Waals surface area contributed by atoms with Crippen LogP contribution in [0.15, 0.2) is 24.3 Å². The summed E-state index contributed by atoms with van der Waals surface area (Å²) in [6, 6.07) is 8.98. The minimum atomic E-state index is 0.250. The second-order valence-corrected chi connectivity index (χ2v) is 11.0. The Hall–Kier alpha value is -1.75. The van der Waals surface area contributed by atoms with E-state index in [1.807, 2.05) is 12.1 Å². The van der Waals surface area contributed by atoms with Crippen LogP contribution in [0.25, 0.3) is 0 Å². The van der Waals surface area contributed by atoms with Crippen molar-refractivity contribution < 1.29 is 9.53 Å². The summed E-state index contributed by atoms with van der Waals surface area (Å²) < 4.78 is 5.81. The quantitative estimate of drug-likeness (QED) is 0.594. The molecule has 0 aromatic heterocycles. The summed E-state index contributed by atoms with van der Waals surface area (Å²) in [5.41, 5.74) is 1.54. The number of likely N-dealkylation sites (tertiary alicyclic amines) is 1. The number of nitrogens with zero attached hydrogens (tertiary/aromatic N) is 3. The number of rotatable bonds is 8. The molecule has 0 radical (unpaired) electrons. The molecule has 2 amide bonds. The molecule has 1 saturated carbocycles. The lowest BCUT2D eigenvalue weighted by Crippen LogP contribution is -2.59. The van der Waals surface area contributed by atoms with Gasteiger partial charge in [-0.25, -0.2) is 4.79 Å². The van der Waals surface area contributed by atoms with Crippen LogP contribution in [0, 0.1) is 17.3 Å². The van der Waals surface area contributed by atoms with E-state index in [1.165, 1.54) is 24.9 Å². The lowest BCUT2D eigenvalue weighted by molar-refractivity contribution is 0.0472. The van der Waals surface area contributed by atoms with Gasteiger partial charge in [0.05, 0.1) is 6.61 Å². The van der Waals surface area contributed by atoms with Crippen molar-refractivity contribution in [3.8, 4) is 5.75 Å². The van der Waals surface area contributed by atoms with Gasteiger partial charge in [-0.15, -0.1) is 0 Å². The highest BCUT2D eigenvalue weighted by Gasteiger charge is 2.52. The third-order valence-corrected chi connectivity index (χ3v) is 7.01. The van der Waals surface area contributed by atoms with Gasteiger partial charge in [0, 0.05) is 50.7 Å². The first kappa shape index (κ1) is 22.4. The molecule has 0 bridgehead atoms. The van der Waals surface area contributed by atoms with Gasteiger partial charge in [-0.1, -0.05) is 39.8 Å². The second-order valence-electron chi connectivity index (χ2n) is 11.0. The predicted molar refractivity (Wildman–Crippen MR) is 125 cm³/mol. The fraction of sp³-hybridized carbons (Fsp3) is 0.731. The molecule has 2 aliphatic heterocycles. The maximum absolute atomic E-state index is 13.5. The van der Waals surface area contributed by atoms with Crippen LogP contribution >= 0.6 is 0 Å². The SMILES string of the molecule is CC(C)COc1ccc(CN2CC3(CC3)CN(C3CCN(CC(C)C)CC3)C2=O)cc1. The molecule has 5 heteroatoms. The molecule has 0 atom stereocenters. The molecule has 0 unspecified atom stereocenters.